The van der Waals surface area contributed by atoms with Crippen molar-refractivity contribution in [2.24, 2.45) is 5.41 Å². The molecular weight excluding hydrogens is 429 g/mol. The van der Waals surface area contributed by atoms with E-state index < -0.39 is 5.41 Å². The van der Waals surface area contributed by atoms with Gasteiger partial charge in [-0.25, -0.2) is 4.98 Å². The molecular formula is C21H25Cl2N3O2S. The number of amides is 1. The summed E-state index contributed by atoms with van der Waals surface area (Å²) in [5.41, 5.74) is 2.45. The van der Waals surface area contributed by atoms with Gasteiger partial charge in [0.15, 0.2) is 4.96 Å². The van der Waals surface area contributed by atoms with Gasteiger partial charge in [-0.3, -0.25) is 9.20 Å². The average molecular weight is 454 g/mol. The van der Waals surface area contributed by atoms with Crippen LogP contribution in [0, 0.1) is 5.41 Å². The highest BCUT2D eigenvalue weighted by Crippen LogP contribution is 2.26. The van der Waals surface area contributed by atoms with Crippen LogP contribution in [0.3, 0.4) is 0 Å². The Hall–Kier alpha value is -1.60. The van der Waals surface area contributed by atoms with E-state index in [0.29, 0.717) is 24.7 Å². The second kappa shape index (κ2) is 9.47. The minimum atomic E-state index is -0.601. The summed E-state index contributed by atoms with van der Waals surface area (Å²) < 4.78 is 7.28. The largest absolute Gasteiger partial charge is 0.383 e. The first kappa shape index (κ1) is 22.1. The van der Waals surface area contributed by atoms with E-state index in [0.717, 1.165) is 28.3 Å². The van der Waals surface area contributed by atoms with E-state index in [1.54, 1.807) is 18.4 Å². The maximum Gasteiger partial charge on any atom is 0.229 e. The molecule has 2 aromatic heterocycles. The first-order chi connectivity index (χ1) is 13.9. The third kappa shape index (κ3) is 5.12. The molecule has 29 heavy (non-hydrogen) atoms. The first-order valence-corrected chi connectivity index (χ1v) is 11.2. The van der Waals surface area contributed by atoms with Gasteiger partial charge in [-0.05, 0) is 26.0 Å². The van der Waals surface area contributed by atoms with Gasteiger partial charge in [0.05, 0.1) is 17.7 Å². The van der Waals surface area contributed by atoms with Crippen LogP contribution in [0.5, 0.6) is 0 Å². The first-order valence-electron chi connectivity index (χ1n) is 9.41. The molecule has 0 aliphatic rings. The number of carbonyl (C=O) groups excluding carboxylic acids is 1. The van der Waals surface area contributed by atoms with Crippen molar-refractivity contribution < 1.29 is 9.53 Å². The van der Waals surface area contributed by atoms with E-state index in [9.17, 15) is 4.79 Å². The predicted octanol–water partition coefficient (Wildman–Crippen LogP) is 5.00. The van der Waals surface area contributed by atoms with Crippen LogP contribution in [0.25, 0.3) is 16.2 Å². The van der Waals surface area contributed by atoms with Crippen molar-refractivity contribution in [2.75, 3.05) is 32.7 Å². The van der Waals surface area contributed by atoms with Crippen LogP contribution in [-0.2, 0) is 16.0 Å². The standard InChI is InChI=1S/C21H25Cl2N3O2S/c1-21(2,14-22)19(27)25(10-11-28-3)9-8-17-13-29-20-24-18(12-26(17)20)15-4-6-16(23)7-5-15/h4-7,12-13H,8-11,14H2,1-3H3. The Morgan fingerprint density at radius 2 is 2.00 bits per heavy atom. The van der Waals surface area contributed by atoms with Crippen LogP contribution in [0.4, 0.5) is 0 Å². The number of ether oxygens (including phenoxy) is 1. The van der Waals surface area contributed by atoms with E-state index in [2.05, 4.69) is 9.78 Å². The average Bonchev–Trinajstić information content (AvgIpc) is 3.29. The number of thiazole rings is 1. The quantitative estimate of drug-likeness (QED) is 0.428. The second-order valence-electron chi connectivity index (χ2n) is 7.57. The summed E-state index contributed by atoms with van der Waals surface area (Å²) in [6.07, 6.45) is 2.76. The Bertz CT molecular complexity index is 966. The Balaban J connectivity index is 1.77. The molecule has 5 nitrogen and oxygen atoms in total. The van der Waals surface area contributed by atoms with Crippen LogP contribution >= 0.6 is 34.5 Å². The lowest BCUT2D eigenvalue weighted by Crippen LogP contribution is -2.44. The summed E-state index contributed by atoms with van der Waals surface area (Å²) in [6.45, 7) is 5.39. The normalized spacial score (nSPS) is 11.9. The van der Waals surface area contributed by atoms with Crippen molar-refractivity contribution in [3.63, 3.8) is 0 Å². The summed E-state index contributed by atoms with van der Waals surface area (Å²) in [5.74, 6) is 0.327. The Morgan fingerprint density at radius 1 is 1.28 bits per heavy atom. The Morgan fingerprint density at radius 3 is 2.66 bits per heavy atom. The van der Waals surface area contributed by atoms with Crippen LogP contribution in [0.1, 0.15) is 19.5 Å². The molecule has 0 N–H and O–H groups in total. The van der Waals surface area contributed by atoms with Crippen molar-refractivity contribution in [1.29, 1.82) is 0 Å². The van der Waals surface area contributed by atoms with E-state index >= 15 is 0 Å². The number of rotatable bonds is 9. The Kier molecular flexibility index (Phi) is 7.22. The number of halogens is 2. The summed E-state index contributed by atoms with van der Waals surface area (Å²) in [5, 5.41) is 2.80. The molecule has 0 saturated carbocycles. The van der Waals surface area contributed by atoms with Crippen LogP contribution in [0.2, 0.25) is 5.02 Å². The Labute approximate surface area is 185 Å². The van der Waals surface area contributed by atoms with Crippen molar-refractivity contribution >= 4 is 45.4 Å². The van der Waals surface area contributed by atoms with Crippen LogP contribution in [-0.4, -0.2) is 52.9 Å². The molecule has 1 amide bonds. The number of nitrogens with zero attached hydrogens (tertiary/aromatic N) is 3. The number of methoxy groups -OCH3 is 1. The lowest BCUT2D eigenvalue weighted by Gasteiger charge is -2.30. The topological polar surface area (TPSA) is 46.8 Å². The molecule has 8 heteroatoms. The van der Waals surface area contributed by atoms with Crippen molar-refractivity contribution in [2.45, 2.75) is 20.3 Å². The number of fused-ring (bicyclic) bond motifs is 1. The van der Waals surface area contributed by atoms with Gasteiger partial charge in [0.2, 0.25) is 5.91 Å². The molecule has 2 heterocycles. The summed E-state index contributed by atoms with van der Waals surface area (Å²) in [6, 6.07) is 7.66. The molecule has 0 bridgehead atoms. The maximum absolute atomic E-state index is 12.9. The van der Waals surface area contributed by atoms with Gasteiger partial charge in [0.1, 0.15) is 0 Å². The summed E-state index contributed by atoms with van der Waals surface area (Å²) in [7, 11) is 1.64. The number of hydrogen-bond acceptors (Lipinski definition) is 4. The van der Waals surface area contributed by atoms with Gasteiger partial charge in [0.25, 0.3) is 0 Å². The van der Waals surface area contributed by atoms with Gasteiger partial charge in [-0.1, -0.05) is 23.7 Å². The molecule has 156 valence electrons. The number of carbonyl (C=O) groups is 1. The lowest BCUT2D eigenvalue weighted by atomic mass is 9.94. The predicted molar refractivity (Wildman–Crippen MR) is 120 cm³/mol. The molecule has 0 unspecified atom stereocenters. The second-order valence-corrected chi connectivity index (χ2v) is 9.11. The van der Waals surface area contributed by atoms with E-state index in [1.165, 1.54) is 0 Å². The molecule has 0 aliphatic carbocycles. The van der Waals surface area contributed by atoms with Gasteiger partial charge >= 0.3 is 0 Å². The van der Waals surface area contributed by atoms with Gasteiger partial charge < -0.3 is 9.64 Å². The number of aromatic nitrogens is 2. The molecule has 3 rings (SSSR count). The van der Waals surface area contributed by atoms with E-state index in [1.807, 2.05) is 49.2 Å². The number of alkyl halides is 1. The monoisotopic (exact) mass is 453 g/mol. The molecule has 0 atom stereocenters. The summed E-state index contributed by atoms with van der Waals surface area (Å²) >= 11 is 13.6. The van der Waals surface area contributed by atoms with Gasteiger partial charge in [-0.2, -0.15) is 0 Å². The van der Waals surface area contributed by atoms with Gasteiger partial charge in [0, 0.05) is 60.4 Å². The van der Waals surface area contributed by atoms with Crippen molar-refractivity contribution in [1.82, 2.24) is 14.3 Å². The highest BCUT2D eigenvalue weighted by Gasteiger charge is 2.31. The lowest BCUT2D eigenvalue weighted by molar-refractivity contribution is -0.139. The number of benzene rings is 1. The molecule has 0 radical (unpaired) electrons. The highest BCUT2D eigenvalue weighted by atomic mass is 35.5. The van der Waals surface area contributed by atoms with Gasteiger partial charge in [-0.15, -0.1) is 22.9 Å². The van der Waals surface area contributed by atoms with Crippen molar-refractivity contribution in [3.05, 3.63) is 46.6 Å². The zero-order valence-corrected chi connectivity index (χ0v) is 19.2. The van der Waals surface area contributed by atoms with Crippen LogP contribution in [0.15, 0.2) is 35.8 Å². The van der Waals surface area contributed by atoms with Crippen LogP contribution < -0.4 is 0 Å². The highest BCUT2D eigenvalue weighted by molar-refractivity contribution is 7.15. The molecule has 3 aromatic rings. The molecule has 0 saturated heterocycles. The SMILES string of the molecule is COCCN(CCc1csc2nc(-c3ccc(Cl)cc3)cn12)C(=O)C(C)(C)CCl. The maximum atomic E-state index is 12.9. The zero-order valence-electron chi connectivity index (χ0n) is 16.8. The molecule has 1 aromatic carbocycles. The van der Waals surface area contributed by atoms with Crippen molar-refractivity contribution in [3.8, 4) is 11.3 Å². The molecule has 0 fully saturated rings. The zero-order chi connectivity index (χ0) is 21.0. The van der Waals surface area contributed by atoms with E-state index in [-0.39, 0.29) is 11.8 Å². The smallest absolute Gasteiger partial charge is 0.229 e. The summed E-state index contributed by atoms with van der Waals surface area (Å²) in [4.78, 5) is 20.4. The van der Waals surface area contributed by atoms with E-state index in [4.69, 9.17) is 32.9 Å². The minimum Gasteiger partial charge on any atom is -0.383 e. The fraction of sp³-hybridized carbons (Fsp3) is 0.429. The number of imidazole rings is 1. The minimum absolute atomic E-state index is 0.0449. The fourth-order valence-electron chi connectivity index (χ4n) is 3.02. The third-order valence-corrected chi connectivity index (χ3v) is 6.64. The molecule has 0 aliphatic heterocycles. The third-order valence-electron chi connectivity index (χ3n) is 4.83. The molecule has 0 spiro atoms. The number of hydrogen-bond donors (Lipinski definition) is 0. The fourth-order valence-corrected chi connectivity index (χ4v) is 4.17.